The summed E-state index contributed by atoms with van der Waals surface area (Å²) in [6, 6.07) is 8.10. The van der Waals surface area contributed by atoms with Crippen LogP contribution in [-0.4, -0.2) is 29.3 Å². The van der Waals surface area contributed by atoms with Gasteiger partial charge in [0.1, 0.15) is 23.7 Å². The van der Waals surface area contributed by atoms with Crippen molar-refractivity contribution in [3.63, 3.8) is 0 Å². The molecule has 0 radical (unpaired) electrons. The minimum Gasteiger partial charge on any atom is -0.467 e. The molecule has 1 unspecified atom stereocenters. The van der Waals surface area contributed by atoms with Crippen molar-refractivity contribution in [1.29, 1.82) is 0 Å². The molecule has 1 aromatic heterocycles. The lowest BCUT2D eigenvalue weighted by Crippen LogP contribution is -2.44. The zero-order chi connectivity index (χ0) is 18.7. The second-order valence-electron chi connectivity index (χ2n) is 5.94. The standard InChI is InChI=1S/C18H18FN3O4/c1-2-18(12-5-7-13(19)8-6-12)16(24)22(17(25)21-18)11-15(23)20-10-14-4-3-9-26-14/h3-9H,2,10-11H2,1H3,(H,20,23)(H,21,25). The summed E-state index contributed by atoms with van der Waals surface area (Å²) in [5.74, 6) is -0.906. The van der Waals surface area contributed by atoms with Crippen LogP contribution in [0, 0.1) is 5.82 Å². The van der Waals surface area contributed by atoms with E-state index in [2.05, 4.69) is 10.6 Å². The van der Waals surface area contributed by atoms with E-state index in [1.165, 1.54) is 30.5 Å². The van der Waals surface area contributed by atoms with Gasteiger partial charge in [-0.2, -0.15) is 0 Å². The minimum atomic E-state index is -1.30. The second kappa shape index (κ2) is 6.99. The van der Waals surface area contributed by atoms with Crippen LogP contribution in [0.15, 0.2) is 47.1 Å². The van der Waals surface area contributed by atoms with E-state index in [9.17, 15) is 18.8 Å². The molecule has 0 saturated carbocycles. The van der Waals surface area contributed by atoms with E-state index in [1.54, 1.807) is 19.1 Å². The first kappa shape index (κ1) is 17.7. The van der Waals surface area contributed by atoms with Crippen LogP contribution >= 0.6 is 0 Å². The Morgan fingerprint density at radius 2 is 2.00 bits per heavy atom. The summed E-state index contributed by atoms with van der Waals surface area (Å²) in [6.07, 6.45) is 1.75. The maximum absolute atomic E-state index is 13.2. The molecule has 3 rings (SSSR count). The van der Waals surface area contributed by atoms with Crippen molar-refractivity contribution in [2.75, 3.05) is 6.54 Å². The number of amides is 4. The Morgan fingerprint density at radius 3 is 2.62 bits per heavy atom. The summed E-state index contributed by atoms with van der Waals surface area (Å²) >= 11 is 0. The zero-order valence-corrected chi connectivity index (χ0v) is 14.1. The van der Waals surface area contributed by atoms with Gasteiger partial charge in [-0.15, -0.1) is 0 Å². The molecule has 136 valence electrons. The smallest absolute Gasteiger partial charge is 0.325 e. The molecule has 0 aliphatic carbocycles. The highest BCUT2D eigenvalue weighted by Gasteiger charge is 2.51. The van der Waals surface area contributed by atoms with Crippen molar-refractivity contribution in [2.45, 2.75) is 25.4 Å². The third-order valence-electron chi connectivity index (χ3n) is 4.38. The quantitative estimate of drug-likeness (QED) is 0.771. The second-order valence-corrected chi connectivity index (χ2v) is 5.94. The number of hydrogen-bond acceptors (Lipinski definition) is 4. The zero-order valence-electron chi connectivity index (χ0n) is 14.1. The molecule has 2 aromatic rings. The van der Waals surface area contributed by atoms with Crippen LogP contribution in [0.1, 0.15) is 24.7 Å². The van der Waals surface area contributed by atoms with Crippen LogP contribution in [-0.2, 0) is 21.7 Å². The topological polar surface area (TPSA) is 91.7 Å². The molecular formula is C18H18FN3O4. The van der Waals surface area contributed by atoms with Crippen LogP contribution in [0.3, 0.4) is 0 Å². The molecule has 1 aliphatic heterocycles. The number of imide groups is 1. The average Bonchev–Trinajstić information content (AvgIpc) is 3.23. The van der Waals surface area contributed by atoms with Gasteiger partial charge < -0.3 is 15.1 Å². The summed E-state index contributed by atoms with van der Waals surface area (Å²) in [7, 11) is 0. The molecule has 8 heteroatoms. The summed E-state index contributed by atoms with van der Waals surface area (Å²) in [4.78, 5) is 38.1. The molecule has 0 bridgehead atoms. The monoisotopic (exact) mass is 359 g/mol. The molecule has 1 saturated heterocycles. The molecule has 1 aliphatic rings. The van der Waals surface area contributed by atoms with Crippen LogP contribution in [0.5, 0.6) is 0 Å². The van der Waals surface area contributed by atoms with Crippen molar-refractivity contribution < 1.29 is 23.2 Å². The SMILES string of the molecule is CCC1(c2ccc(F)cc2)NC(=O)N(CC(=O)NCc2ccco2)C1=O. The number of nitrogens with one attached hydrogen (secondary N) is 2. The molecule has 0 spiro atoms. The molecule has 2 N–H and O–H groups in total. The fraction of sp³-hybridized carbons (Fsp3) is 0.278. The van der Waals surface area contributed by atoms with Crippen LogP contribution in [0.4, 0.5) is 9.18 Å². The first-order valence-corrected chi connectivity index (χ1v) is 8.15. The highest BCUT2D eigenvalue weighted by molar-refractivity contribution is 6.09. The number of halogens is 1. The predicted molar refractivity (Wildman–Crippen MR) is 89.2 cm³/mol. The van der Waals surface area contributed by atoms with Crippen molar-refractivity contribution in [3.05, 3.63) is 59.8 Å². The number of nitrogens with zero attached hydrogens (tertiary/aromatic N) is 1. The molecule has 1 atom stereocenters. The van der Waals surface area contributed by atoms with Crippen LogP contribution in [0.25, 0.3) is 0 Å². The normalized spacial score (nSPS) is 19.5. The maximum Gasteiger partial charge on any atom is 0.325 e. The van der Waals surface area contributed by atoms with E-state index in [1.807, 2.05) is 0 Å². The van der Waals surface area contributed by atoms with E-state index < -0.39 is 35.7 Å². The summed E-state index contributed by atoms with van der Waals surface area (Å²) < 4.78 is 18.3. The van der Waals surface area contributed by atoms with E-state index in [0.717, 1.165) is 4.90 Å². The van der Waals surface area contributed by atoms with Gasteiger partial charge in [0.25, 0.3) is 5.91 Å². The first-order chi connectivity index (χ1) is 12.5. The van der Waals surface area contributed by atoms with Crippen molar-refractivity contribution >= 4 is 17.8 Å². The van der Waals surface area contributed by atoms with Gasteiger partial charge in [-0.05, 0) is 36.2 Å². The van der Waals surface area contributed by atoms with Gasteiger partial charge in [0.05, 0.1) is 12.8 Å². The maximum atomic E-state index is 13.2. The number of carbonyl (C=O) groups excluding carboxylic acids is 3. The van der Waals surface area contributed by atoms with Crippen LogP contribution < -0.4 is 10.6 Å². The first-order valence-electron chi connectivity index (χ1n) is 8.15. The molecule has 26 heavy (non-hydrogen) atoms. The van der Waals surface area contributed by atoms with E-state index in [4.69, 9.17) is 4.42 Å². The summed E-state index contributed by atoms with van der Waals surface area (Å²) in [5, 5.41) is 5.23. The van der Waals surface area contributed by atoms with Gasteiger partial charge >= 0.3 is 6.03 Å². The van der Waals surface area contributed by atoms with Gasteiger partial charge in [0.2, 0.25) is 5.91 Å². The van der Waals surface area contributed by atoms with E-state index in [-0.39, 0.29) is 13.0 Å². The third kappa shape index (κ3) is 3.17. The fourth-order valence-electron chi connectivity index (χ4n) is 2.94. The highest BCUT2D eigenvalue weighted by atomic mass is 19.1. The van der Waals surface area contributed by atoms with Crippen LogP contribution in [0.2, 0.25) is 0 Å². The largest absolute Gasteiger partial charge is 0.467 e. The fourth-order valence-corrected chi connectivity index (χ4v) is 2.94. The molecule has 7 nitrogen and oxygen atoms in total. The predicted octanol–water partition coefficient (Wildman–Crippen LogP) is 1.89. The lowest BCUT2D eigenvalue weighted by molar-refractivity contribution is -0.135. The van der Waals surface area contributed by atoms with Gasteiger partial charge in [0, 0.05) is 0 Å². The molecular weight excluding hydrogens is 341 g/mol. The van der Waals surface area contributed by atoms with Gasteiger partial charge in [-0.25, -0.2) is 9.18 Å². The Bertz CT molecular complexity index is 819. The average molecular weight is 359 g/mol. The third-order valence-corrected chi connectivity index (χ3v) is 4.38. The Morgan fingerprint density at radius 1 is 1.27 bits per heavy atom. The van der Waals surface area contributed by atoms with E-state index in [0.29, 0.717) is 11.3 Å². The Balaban J connectivity index is 1.73. The van der Waals surface area contributed by atoms with Crippen molar-refractivity contribution in [1.82, 2.24) is 15.5 Å². The Kier molecular flexibility index (Phi) is 4.75. The van der Waals surface area contributed by atoms with Gasteiger partial charge in [-0.1, -0.05) is 19.1 Å². The lowest BCUT2D eigenvalue weighted by Gasteiger charge is -2.25. The Hall–Kier alpha value is -3.16. The number of urea groups is 1. The summed E-state index contributed by atoms with van der Waals surface area (Å²) in [6.45, 7) is 1.49. The lowest BCUT2D eigenvalue weighted by atomic mass is 9.87. The van der Waals surface area contributed by atoms with Crippen molar-refractivity contribution in [2.24, 2.45) is 0 Å². The molecule has 1 fully saturated rings. The van der Waals surface area contributed by atoms with Gasteiger partial charge in [-0.3, -0.25) is 14.5 Å². The molecule has 4 amide bonds. The van der Waals surface area contributed by atoms with E-state index >= 15 is 0 Å². The number of rotatable bonds is 6. The minimum absolute atomic E-state index is 0.159. The number of carbonyl (C=O) groups is 3. The number of furan rings is 1. The van der Waals surface area contributed by atoms with Gasteiger partial charge in [0.15, 0.2) is 0 Å². The summed E-state index contributed by atoms with van der Waals surface area (Å²) in [5.41, 5.74) is -0.829. The van der Waals surface area contributed by atoms with Crippen molar-refractivity contribution in [3.8, 4) is 0 Å². The number of benzene rings is 1. The molecule has 2 heterocycles. The molecule has 1 aromatic carbocycles. The highest BCUT2D eigenvalue weighted by Crippen LogP contribution is 2.32. The Labute approximate surface area is 149 Å². The number of hydrogen-bond donors (Lipinski definition) is 2.